The van der Waals surface area contributed by atoms with Gasteiger partial charge in [0.1, 0.15) is 5.82 Å². The summed E-state index contributed by atoms with van der Waals surface area (Å²) in [5.74, 6) is 0.405. The molecular formula is C17H21N5O3. The van der Waals surface area contributed by atoms with Crippen LogP contribution in [-0.4, -0.2) is 29.7 Å². The summed E-state index contributed by atoms with van der Waals surface area (Å²) in [6.07, 6.45) is 4.78. The van der Waals surface area contributed by atoms with Gasteiger partial charge in [-0.25, -0.2) is 14.5 Å². The Balaban J connectivity index is 1.68. The van der Waals surface area contributed by atoms with Crippen LogP contribution in [0.3, 0.4) is 0 Å². The topological polar surface area (TPSA) is 83.4 Å². The first-order valence-electron chi connectivity index (χ1n) is 8.18. The maximum absolute atomic E-state index is 12.3. The van der Waals surface area contributed by atoms with Crippen molar-refractivity contribution in [2.75, 3.05) is 0 Å². The molecule has 0 saturated carbocycles. The van der Waals surface area contributed by atoms with Crippen molar-refractivity contribution in [3.8, 4) is 0 Å². The molecule has 25 heavy (non-hydrogen) atoms. The van der Waals surface area contributed by atoms with E-state index in [0.717, 1.165) is 0 Å². The lowest BCUT2D eigenvalue weighted by Crippen LogP contribution is -2.24. The van der Waals surface area contributed by atoms with E-state index in [1.807, 2.05) is 31.7 Å². The second kappa shape index (κ2) is 6.92. The number of hydrogen-bond acceptors (Lipinski definition) is 5. The van der Waals surface area contributed by atoms with E-state index in [-0.39, 0.29) is 30.5 Å². The fraction of sp³-hybridized carbons (Fsp3) is 0.412. The molecule has 0 bridgehead atoms. The Morgan fingerprint density at radius 1 is 1.28 bits per heavy atom. The Morgan fingerprint density at radius 3 is 2.72 bits per heavy atom. The molecule has 0 amide bonds. The molecule has 3 rings (SSSR count). The van der Waals surface area contributed by atoms with E-state index < -0.39 is 6.10 Å². The summed E-state index contributed by atoms with van der Waals surface area (Å²) in [6.45, 7) is 4.11. The van der Waals surface area contributed by atoms with Crippen LogP contribution < -0.4 is 5.69 Å². The highest BCUT2D eigenvalue weighted by molar-refractivity contribution is 5.69. The first kappa shape index (κ1) is 16.9. The molecule has 0 saturated heterocycles. The quantitative estimate of drug-likeness (QED) is 0.634. The lowest BCUT2D eigenvalue weighted by Gasteiger charge is -2.21. The number of hydrogen-bond donors (Lipinski definition) is 0. The van der Waals surface area contributed by atoms with E-state index in [9.17, 15) is 9.59 Å². The Bertz CT molecular complexity index is 937. The molecule has 3 aromatic rings. The molecule has 0 aromatic carbocycles. The van der Waals surface area contributed by atoms with E-state index in [4.69, 9.17) is 4.74 Å². The lowest BCUT2D eigenvalue weighted by molar-refractivity contribution is -0.152. The van der Waals surface area contributed by atoms with E-state index in [2.05, 4.69) is 10.1 Å². The van der Waals surface area contributed by atoms with Crippen LogP contribution in [0.1, 0.15) is 32.2 Å². The normalized spacial score (nSPS) is 12.6. The van der Waals surface area contributed by atoms with E-state index >= 15 is 0 Å². The highest BCUT2D eigenvalue weighted by atomic mass is 16.5. The number of esters is 1. The molecule has 0 radical (unpaired) electrons. The number of ether oxygens (including phenoxy) is 1. The van der Waals surface area contributed by atoms with Crippen LogP contribution in [0.2, 0.25) is 0 Å². The Morgan fingerprint density at radius 2 is 2.08 bits per heavy atom. The van der Waals surface area contributed by atoms with Crippen molar-refractivity contribution in [3.63, 3.8) is 0 Å². The number of fused-ring (bicyclic) bond motifs is 1. The van der Waals surface area contributed by atoms with Gasteiger partial charge in [0, 0.05) is 25.6 Å². The predicted molar refractivity (Wildman–Crippen MR) is 90.9 cm³/mol. The molecule has 1 atom stereocenters. The summed E-state index contributed by atoms with van der Waals surface area (Å²) in [6, 6.07) is 5.31. The van der Waals surface area contributed by atoms with Crippen molar-refractivity contribution < 1.29 is 9.53 Å². The van der Waals surface area contributed by atoms with Gasteiger partial charge >= 0.3 is 11.7 Å². The Labute approximate surface area is 144 Å². The summed E-state index contributed by atoms with van der Waals surface area (Å²) in [4.78, 5) is 28.7. The molecule has 0 unspecified atom stereocenters. The Hall–Kier alpha value is -2.90. The van der Waals surface area contributed by atoms with Gasteiger partial charge in [-0.15, -0.1) is 5.10 Å². The number of aryl methyl sites for hydroxylation is 2. The van der Waals surface area contributed by atoms with E-state index in [1.165, 1.54) is 9.08 Å². The van der Waals surface area contributed by atoms with E-state index in [0.29, 0.717) is 11.5 Å². The van der Waals surface area contributed by atoms with E-state index in [1.54, 1.807) is 30.6 Å². The lowest BCUT2D eigenvalue weighted by atomic mass is 10.1. The van der Waals surface area contributed by atoms with Crippen LogP contribution in [0.5, 0.6) is 0 Å². The molecule has 3 heterocycles. The third-order valence-corrected chi connectivity index (χ3v) is 3.99. The monoisotopic (exact) mass is 343 g/mol. The summed E-state index contributed by atoms with van der Waals surface area (Å²) < 4.78 is 10.2. The fourth-order valence-electron chi connectivity index (χ4n) is 2.65. The smallest absolute Gasteiger partial charge is 0.350 e. The first-order chi connectivity index (χ1) is 12.0. The summed E-state index contributed by atoms with van der Waals surface area (Å²) in [5.41, 5.74) is 0.279. The second-order valence-corrected chi connectivity index (χ2v) is 6.24. The number of carbonyl (C=O) groups is 1. The van der Waals surface area contributed by atoms with Gasteiger partial charge in [0.15, 0.2) is 11.8 Å². The number of nitrogens with zero attached hydrogens (tertiary/aromatic N) is 5. The number of imidazole rings is 1. The van der Waals surface area contributed by atoms with Crippen LogP contribution in [0.4, 0.5) is 0 Å². The highest BCUT2D eigenvalue weighted by Gasteiger charge is 2.24. The SMILES string of the molecule is CC(C)[C@@H](OC(=O)CCn1nc2ccccn2c1=O)c1nccn1C. The molecule has 8 nitrogen and oxygen atoms in total. The molecule has 0 aliphatic rings. The number of carbonyl (C=O) groups excluding carboxylic acids is 1. The van der Waals surface area contributed by atoms with Gasteiger partial charge in [0.05, 0.1) is 13.0 Å². The highest BCUT2D eigenvalue weighted by Crippen LogP contribution is 2.24. The van der Waals surface area contributed by atoms with Gasteiger partial charge in [-0.05, 0) is 18.1 Å². The van der Waals surface area contributed by atoms with Crippen molar-refractivity contribution >= 4 is 11.6 Å². The molecule has 0 aliphatic heterocycles. The molecular weight excluding hydrogens is 322 g/mol. The molecule has 0 aliphatic carbocycles. The zero-order valence-corrected chi connectivity index (χ0v) is 14.5. The number of pyridine rings is 1. The molecule has 132 valence electrons. The van der Waals surface area contributed by atoms with Crippen molar-refractivity contribution in [2.45, 2.75) is 32.9 Å². The zero-order chi connectivity index (χ0) is 18.0. The summed E-state index contributed by atoms with van der Waals surface area (Å²) >= 11 is 0. The van der Waals surface area contributed by atoms with Gasteiger partial charge < -0.3 is 9.30 Å². The van der Waals surface area contributed by atoms with Crippen LogP contribution in [0.15, 0.2) is 41.6 Å². The van der Waals surface area contributed by atoms with Crippen molar-refractivity contribution in [3.05, 3.63) is 53.1 Å². The third-order valence-electron chi connectivity index (χ3n) is 3.99. The van der Waals surface area contributed by atoms with Gasteiger partial charge in [0.2, 0.25) is 0 Å². The zero-order valence-electron chi connectivity index (χ0n) is 14.5. The maximum Gasteiger partial charge on any atom is 0.350 e. The van der Waals surface area contributed by atoms with Gasteiger partial charge in [-0.1, -0.05) is 19.9 Å². The van der Waals surface area contributed by atoms with Crippen molar-refractivity contribution in [2.24, 2.45) is 13.0 Å². The summed E-state index contributed by atoms with van der Waals surface area (Å²) in [7, 11) is 1.86. The molecule has 3 aromatic heterocycles. The average molecular weight is 343 g/mol. The minimum absolute atomic E-state index is 0.0669. The largest absolute Gasteiger partial charge is 0.454 e. The van der Waals surface area contributed by atoms with Gasteiger partial charge in [-0.2, -0.15) is 0 Å². The fourth-order valence-corrected chi connectivity index (χ4v) is 2.65. The van der Waals surface area contributed by atoms with Crippen LogP contribution in [0.25, 0.3) is 5.65 Å². The minimum atomic E-state index is -0.426. The second-order valence-electron chi connectivity index (χ2n) is 6.24. The maximum atomic E-state index is 12.3. The van der Waals surface area contributed by atoms with Crippen molar-refractivity contribution in [1.82, 2.24) is 23.7 Å². The van der Waals surface area contributed by atoms with Crippen LogP contribution in [-0.2, 0) is 23.1 Å². The Kier molecular flexibility index (Phi) is 4.69. The minimum Gasteiger partial charge on any atom is -0.454 e. The molecule has 0 N–H and O–H groups in total. The predicted octanol–water partition coefficient (Wildman–Crippen LogP) is 1.56. The average Bonchev–Trinajstić information content (AvgIpc) is 3.14. The molecule has 0 fully saturated rings. The first-order valence-corrected chi connectivity index (χ1v) is 8.18. The number of rotatable bonds is 6. The van der Waals surface area contributed by atoms with Gasteiger partial charge in [-0.3, -0.25) is 9.20 Å². The third kappa shape index (κ3) is 3.47. The van der Waals surface area contributed by atoms with Gasteiger partial charge in [0.25, 0.3) is 0 Å². The molecule has 8 heteroatoms. The van der Waals surface area contributed by atoms with Crippen LogP contribution in [0, 0.1) is 5.92 Å². The summed E-state index contributed by atoms with van der Waals surface area (Å²) in [5, 5.41) is 4.21. The number of aromatic nitrogens is 5. The van der Waals surface area contributed by atoms with Crippen LogP contribution >= 0.6 is 0 Å². The van der Waals surface area contributed by atoms with Crippen molar-refractivity contribution in [1.29, 1.82) is 0 Å². The molecule has 0 spiro atoms. The standard InChI is InChI=1S/C17H21N5O3/c1-12(2)15(16-18-8-11-20(16)3)25-14(23)7-10-22-17(24)21-9-5-4-6-13(21)19-22/h4-6,8-9,11-12,15H,7,10H2,1-3H3/t15-/m1/s1.